The van der Waals surface area contributed by atoms with Crippen molar-refractivity contribution < 1.29 is 9.59 Å². The minimum Gasteiger partial charge on any atom is -0.340 e. The highest BCUT2D eigenvalue weighted by atomic mass is 35.5. The van der Waals surface area contributed by atoms with Gasteiger partial charge < -0.3 is 10.2 Å². The van der Waals surface area contributed by atoms with Crippen molar-refractivity contribution in [3.8, 4) is 0 Å². The van der Waals surface area contributed by atoms with Crippen LogP contribution in [0.3, 0.4) is 0 Å². The Morgan fingerprint density at radius 1 is 1.43 bits per heavy atom. The van der Waals surface area contributed by atoms with Crippen molar-refractivity contribution in [3.05, 3.63) is 16.4 Å². The van der Waals surface area contributed by atoms with Crippen LogP contribution in [0.4, 0.5) is 0 Å². The first-order valence-corrected chi connectivity index (χ1v) is 7.49. The summed E-state index contributed by atoms with van der Waals surface area (Å²) in [6.45, 7) is 4.09. The van der Waals surface area contributed by atoms with E-state index in [9.17, 15) is 9.59 Å². The lowest BCUT2D eigenvalue weighted by molar-refractivity contribution is -0.150. The minimum absolute atomic E-state index is 0.0241. The number of hydrogen-bond donors (Lipinski definition) is 1. The van der Waals surface area contributed by atoms with E-state index < -0.39 is 5.54 Å². The molecule has 1 saturated heterocycles. The SMILES string of the molecule is Cc1nn(C)c(Cl)c1CN1CC(=O)NC(C)(C2CC2)C1=O. The highest BCUT2D eigenvalue weighted by Crippen LogP contribution is 2.41. The first-order valence-electron chi connectivity index (χ1n) is 7.11. The highest BCUT2D eigenvalue weighted by Gasteiger charge is 2.52. The van der Waals surface area contributed by atoms with Crippen LogP contribution in [0.2, 0.25) is 5.15 Å². The van der Waals surface area contributed by atoms with E-state index in [1.807, 2.05) is 13.8 Å². The number of nitrogens with zero attached hydrogens (tertiary/aromatic N) is 3. The van der Waals surface area contributed by atoms with Crippen LogP contribution in [-0.2, 0) is 23.2 Å². The summed E-state index contributed by atoms with van der Waals surface area (Å²) in [4.78, 5) is 26.3. The fourth-order valence-corrected chi connectivity index (χ4v) is 3.30. The van der Waals surface area contributed by atoms with Crippen LogP contribution >= 0.6 is 11.6 Å². The molecule has 1 atom stereocenters. The van der Waals surface area contributed by atoms with Crippen molar-refractivity contribution in [2.24, 2.45) is 13.0 Å². The summed E-state index contributed by atoms with van der Waals surface area (Å²) >= 11 is 6.23. The molecule has 2 fully saturated rings. The van der Waals surface area contributed by atoms with E-state index in [1.54, 1.807) is 16.6 Å². The van der Waals surface area contributed by atoms with Crippen molar-refractivity contribution >= 4 is 23.4 Å². The largest absolute Gasteiger partial charge is 0.340 e. The van der Waals surface area contributed by atoms with Gasteiger partial charge in [-0.05, 0) is 32.6 Å². The van der Waals surface area contributed by atoms with Crippen LogP contribution in [0.25, 0.3) is 0 Å². The van der Waals surface area contributed by atoms with Gasteiger partial charge in [0, 0.05) is 12.6 Å². The van der Waals surface area contributed by atoms with E-state index in [0.717, 1.165) is 24.1 Å². The van der Waals surface area contributed by atoms with Gasteiger partial charge in [-0.25, -0.2) is 0 Å². The summed E-state index contributed by atoms with van der Waals surface area (Å²) in [5.74, 6) is 0.118. The zero-order chi connectivity index (χ0) is 15.4. The molecule has 7 heteroatoms. The summed E-state index contributed by atoms with van der Waals surface area (Å²) in [5.41, 5.74) is 0.826. The van der Waals surface area contributed by atoms with Gasteiger partial charge in [-0.1, -0.05) is 11.6 Å². The molecule has 1 aromatic heterocycles. The molecule has 0 radical (unpaired) electrons. The summed E-state index contributed by atoms with van der Waals surface area (Å²) in [7, 11) is 1.76. The van der Waals surface area contributed by atoms with Gasteiger partial charge in [0.05, 0.1) is 18.8 Å². The number of carbonyl (C=O) groups is 2. The molecule has 1 saturated carbocycles. The Morgan fingerprint density at radius 3 is 2.62 bits per heavy atom. The lowest BCUT2D eigenvalue weighted by Crippen LogP contribution is -2.66. The zero-order valence-electron chi connectivity index (χ0n) is 12.4. The van der Waals surface area contributed by atoms with E-state index in [1.165, 1.54) is 0 Å². The Hall–Kier alpha value is -1.56. The van der Waals surface area contributed by atoms with Gasteiger partial charge >= 0.3 is 0 Å². The van der Waals surface area contributed by atoms with E-state index in [2.05, 4.69) is 10.4 Å². The van der Waals surface area contributed by atoms with Crippen molar-refractivity contribution in [2.45, 2.75) is 38.8 Å². The maximum atomic E-state index is 12.7. The Morgan fingerprint density at radius 2 is 2.10 bits per heavy atom. The molecule has 0 aromatic carbocycles. The maximum Gasteiger partial charge on any atom is 0.249 e. The smallest absolute Gasteiger partial charge is 0.249 e. The average molecular weight is 311 g/mol. The van der Waals surface area contributed by atoms with E-state index in [0.29, 0.717) is 11.7 Å². The molecule has 2 amide bonds. The fraction of sp³-hybridized carbons (Fsp3) is 0.643. The molecule has 0 spiro atoms. The number of aromatic nitrogens is 2. The quantitative estimate of drug-likeness (QED) is 0.906. The highest BCUT2D eigenvalue weighted by molar-refractivity contribution is 6.30. The molecule has 6 nitrogen and oxygen atoms in total. The van der Waals surface area contributed by atoms with E-state index in [-0.39, 0.29) is 24.3 Å². The standard InChI is InChI=1S/C14H19ClN4O2/c1-8-10(12(15)18(3)17-8)6-19-7-11(20)16-14(2,13(19)21)9-4-5-9/h9H,4-7H2,1-3H3,(H,16,20). The van der Waals surface area contributed by atoms with Gasteiger partial charge in [0.2, 0.25) is 11.8 Å². The van der Waals surface area contributed by atoms with Gasteiger partial charge in [-0.3, -0.25) is 14.3 Å². The summed E-state index contributed by atoms with van der Waals surface area (Å²) in [6.07, 6.45) is 1.98. The Kier molecular flexibility index (Phi) is 3.24. The summed E-state index contributed by atoms with van der Waals surface area (Å²) < 4.78 is 1.58. The number of piperazine rings is 1. The average Bonchev–Trinajstić information content (AvgIpc) is 3.21. The van der Waals surface area contributed by atoms with Crippen molar-refractivity contribution in [1.82, 2.24) is 20.0 Å². The number of rotatable bonds is 3. The monoisotopic (exact) mass is 310 g/mol. The summed E-state index contributed by atoms with van der Waals surface area (Å²) in [5, 5.41) is 7.63. The van der Waals surface area contributed by atoms with Gasteiger partial charge in [0.15, 0.2) is 0 Å². The lowest BCUT2D eigenvalue weighted by Gasteiger charge is -2.40. The molecule has 114 valence electrons. The topological polar surface area (TPSA) is 67.2 Å². The van der Waals surface area contributed by atoms with Crippen LogP contribution in [0, 0.1) is 12.8 Å². The number of halogens is 1. The van der Waals surface area contributed by atoms with Gasteiger partial charge in [-0.15, -0.1) is 0 Å². The lowest BCUT2D eigenvalue weighted by atomic mass is 9.91. The van der Waals surface area contributed by atoms with Crippen LogP contribution in [0.5, 0.6) is 0 Å². The summed E-state index contributed by atoms with van der Waals surface area (Å²) in [6, 6.07) is 0. The van der Waals surface area contributed by atoms with Crippen LogP contribution in [0.15, 0.2) is 0 Å². The second-order valence-electron chi connectivity index (χ2n) is 6.16. The maximum absolute atomic E-state index is 12.7. The molecule has 3 rings (SSSR count). The predicted molar refractivity (Wildman–Crippen MR) is 77.6 cm³/mol. The van der Waals surface area contributed by atoms with Crippen molar-refractivity contribution in [1.29, 1.82) is 0 Å². The molecule has 2 heterocycles. The molecule has 21 heavy (non-hydrogen) atoms. The molecular weight excluding hydrogens is 292 g/mol. The number of aryl methyl sites for hydroxylation is 2. The normalized spacial score (nSPS) is 26.2. The van der Waals surface area contributed by atoms with E-state index in [4.69, 9.17) is 11.6 Å². The Labute approximate surface area is 128 Å². The third-order valence-corrected chi connectivity index (χ3v) is 4.95. The van der Waals surface area contributed by atoms with Crippen LogP contribution in [0.1, 0.15) is 31.0 Å². The van der Waals surface area contributed by atoms with Crippen LogP contribution in [-0.4, -0.2) is 38.6 Å². The van der Waals surface area contributed by atoms with E-state index >= 15 is 0 Å². The first-order chi connectivity index (χ1) is 9.83. The van der Waals surface area contributed by atoms with Crippen molar-refractivity contribution in [2.75, 3.05) is 6.54 Å². The molecule has 2 aliphatic rings. The molecule has 1 aromatic rings. The number of nitrogens with one attached hydrogen (secondary N) is 1. The Balaban J connectivity index is 1.87. The van der Waals surface area contributed by atoms with Gasteiger partial charge in [0.1, 0.15) is 10.7 Å². The molecule has 0 bridgehead atoms. The molecule has 1 aliphatic carbocycles. The third kappa shape index (κ3) is 2.31. The second-order valence-corrected chi connectivity index (χ2v) is 6.52. The minimum atomic E-state index is -0.766. The van der Waals surface area contributed by atoms with Gasteiger partial charge in [-0.2, -0.15) is 5.10 Å². The Bertz CT molecular complexity index is 623. The third-order valence-electron chi connectivity index (χ3n) is 4.48. The van der Waals surface area contributed by atoms with Gasteiger partial charge in [0.25, 0.3) is 0 Å². The second kappa shape index (κ2) is 4.73. The number of hydrogen-bond acceptors (Lipinski definition) is 3. The zero-order valence-corrected chi connectivity index (χ0v) is 13.2. The predicted octanol–water partition coefficient (Wildman–Crippen LogP) is 1.01. The number of amides is 2. The molecule has 1 aliphatic heterocycles. The fourth-order valence-electron chi connectivity index (χ4n) is 3.07. The van der Waals surface area contributed by atoms with Crippen molar-refractivity contribution in [3.63, 3.8) is 0 Å². The molecule has 1 unspecified atom stereocenters. The first kappa shape index (κ1) is 14.4. The van der Waals surface area contributed by atoms with Crippen LogP contribution < -0.4 is 5.32 Å². The number of carbonyl (C=O) groups excluding carboxylic acids is 2. The molecule has 1 N–H and O–H groups in total. The molecular formula is C14H19ClN4O2.